The molecule has 0 spiro atoms. The summed E-state index contributed by atoms with van der Waals surface area (Å²) >= 11 is 0. The van der Waals surface area contributed by atoms with Crippen LogP contribution in [0.15, 0.2) is 42.7 Å². The lowest BCUT2D eigenvalue weighted by Gasteiger charge is -2.07. The normalized spacial score (nSPS) is 11.2. The first kappa shape index (κ1) is 13.9. The monoisotopic (exact) mass is 257 g/mol. The van der Waals surface area contributed by atoms with Gasteiger partial charge in [0.1, 0.15) is 18.1 Å². The second kappa shape index (κ2) is 6.55. The van der Waals surface area contributed by atoms with Crippen molar-refractivity contribution in [3.05, 3.63) is 48.5 Å². The van der Waals surface area contributed by atoms with Crippen molar-refractivity contribution in [3.63, 3.8) is 0 Å². The van der Waals surface area contributed by atoms with Crippen molar-refractivity contribution in [3.8, 4) is 5.69 Å². The minimum Gasteiger partial charge on any atom is -0.234 e. The molecule has 2 heteroatoms. The van der Waals surface area contributed by atoms with Crippen LogP contribution >= 0.6 is 0 Å². The summed E-state index contributed by atoms with van der Waals surface area (Å²) in [6.45, 7) is 7.92. The number of hydrogen-bond donors (Lipinski definition) is 0. The molecule has 1 heterocycles. The van der Waals surface area contributed by atoms with Crippen LogP contribution in [0, 0.1) is 0 Å². The Morgan fingerprint density at radius 1 is 1.11 bits per heavy atom. The Kier molecular flexibility index (Phi) is 4.78. The van der Waals surface area contributed by atoms with E-state index in [4.69, 9.17) is 0 Å². The molecule has 102 valence electrons. The van der Waals surface area contributed by atoms with Crippen molar-refractivity contribution in [2.75, 3.05) is 0 Å². The van der Waals surface area contributed by atoms with Gasteiger partial charge in [-0.1, -0.05) is 45.4 Å². The molecule has 0 radical (unpaired) electrons. The molecule has 0 saturated carbocycles. The fraction of sp³-hybridized carbons (Fsp3) is 0.471. The fourth-order valence-corrected chi connectivity index (χ4v) is 2.58. The molecule has 0 aliphatic carbocycles. The predicted molar refractivity (Wildman–Crippen MR) is 79.6 cm³/mol. The van der Waals surface area contributed by atoms with Gasteiger partial charge < -0.3 is 0 Å². The summed E-state index contributed by atoms with van der Waals surface area (Å²) in [6, 6.07) is 10.6. The van der Waals surface area contributed by atoms with Gasteiger partial charge in [-0.25, -0.2) is 4.57 Å². The molecule has 0 amide bonds. The van der Waals surface area contributed by atoms with E-state index < -0.39 is 0 Å². The Morgan fingerprint density at radius 2 is 1.84 bits per heavy atom. The minimum atomic E-state index is 0.525. The molecule has 0 aliphatic rings. The number of unbranched alkanes of at least 4 members (excludes halogenated alkanes) is 2. The van der Waals surface area contributed by atoms with Crippen molar-refractivity contribution in [1.82, 2.24) is 4.57 Å². The summed E-state index contributed by atoms with van der Waals surface area (Å²) in [4.78, 5) is 0. The lowest BCUT2D eigenvalue weighted by Crippen LogP contribution is -2.37. The number of hydrogen-bond acceptors (Lipinski definition) is 0. The van der Waals surface area contributed by atoms with Crippen LogP contribution in [0.1, 0.15) is 51.8 Å². The molecule has 0 aliphatic heterocycles. The minimum absolute atomic E-state index is 0.525. The van der Waals surface area contributed by atoms with E-state index in [-0.39, 0.29) is 0 Å². The average Bonchev–Trinajstić information content (AvgIpc) is 2.84. The van der Waals surface area contributed by atoms with Gasteiger partial charge in [-0.05, 0) is 25.0 Å². The van der Waals surface area contributed by atoms with Crippen molar-refractivity contribution in [2.45, 2.75) is 52.5 Å². The van der Waals surface area contributed by atoms with Crippen LogP contribution in [0.25, 0.3) is 5.69 Å². The first-order chi connectivity index (χ1) is 9.24. The maximum Gasteiger partial charge on any atom is 0.264 e. The molecular formula is C17H25N2+. The third-order valence-corrected chi connectivity index (χ3v) is 3.49. The third-order valence-electron chi connectivity index (χ3n) is 3.49. The van der Waals surface area contributed by atoms with Gasteiger partial charge in [0.2, 0.25) is 0 Å². The summed E-state index contributed by atoms with van der Waals surface area (Å²) in [5.74, 6) is 1.92. The van der Waals surface area contributed by atoms with Crippen molar-refractivity contribution in [2.24, 2.45) is 0 Å². The van der Waals surface area contributed by atoms with Gasteiger partial charge in [0.25, 0.3) is 5.82 Å². The maximum atomic E-state index is 2.41. The first-order valence-electron chi connectivity index (χ1n) is 7.40. The molecule has 2 rings (SSSR count). The number of para-hydroxylation sites is 1. The van der Waals surface area contributed by atoms with Crippen LogP contribution in [0.3, 0.4) is 0 Å². The van der Waals surface area contributed by atoms with Crippen LogP contribution in [0.4, 0.5) is 0 Å². The van der Waals surface area contributed by atoms with Gasteiger partial charge in [-0.2, -0.15) is 4.57 Å². The summed E-state index contributed by atoms with van der Waals surface area (Å²) in [6.07, 6.45) is 8.26. The quantitative estimate of drug-likeness (QED) is 0.544. The van der Waals surface area contributed by atoms with Gasteiger partial charge in [0.15, 0.2) is 0 Å². The Bertz CT molecular complexity index is 497. The summed E-state index contributed by atoms with van der Waals surface area (Å²) in [5, 5.41) is 0. The van der Waals surface area contributed by atoms with E-state index in [0.29, 0.717) is 5.92 Å². The van der Waals surface area contributed by atoms with Crippen LogP contribution in [0.2, 0.25) is 0 Å². The molecule has 0 saturated heterocycles. The van der Waals surface area contributed by atoms with Crippen molar-refractivity contribution < 1.29 is 4.57 Å². The zero-order chi connectivity index (χ0) is 13.7. The molecule has 0 atom stereocenters. The second-order valence-electron chi connectivity index (χ2n) is 5.42. The topological polar surface area (TPSA) is 8.81 Å². The van der Waals surface area contributed by atoms with Gasteiger partial charge in [-0.15, -0.1) is 0 Å². The Hall–Kier alpha value is -1.57. The van der Waals surface area contributed by atoms with E-state index in [1.807, 2.05) is 0 Å². The zero-order valence-electron chi connectivity index (χ0n) is 12.3. The standard InChI is InChI=1S/C17H25N2/c1-4-5-9-12-18-13-14-19(17(18)15(2)3)16-10-7-6-8-11-16/h6-8,10-11,13-15H,4-5,9,12H2,1-3H3/q+1. The average molecular weight is 257 g/mol. The largest absolute Gasteiger partial charge is 0.264 e. The lowest BCUT2D eigenvalue weighted by atomic mass is 10.2. The Morgan fingerprint density at radius 3 is 2.47 bits per heavy atom. The van der Waals surface area contributed by atoms with Crippen LogP contribution < -0.4 is 4.57 Å². The molecule has 19 heavy (non-hydrogen) atoms. The highest BCUT2D eigenvalue weighted by atomic mass is 15.2. The first-order valence-corrected chi connectivity index (χ1v) is 7.40. The SMILES string of the molecule is CCCCC[n+]1ccn(-c2ccccc2)c1C(C)C. The van der Waals surface area contributed by atoms with Gasteiger partial charge in [-0.3, -0.25) is 0 Å². The van der Waals surface area contributed by atoms with Gasteiger partial charge in [0, 0.05) is 0 Å². The van der Waals surface area contributed by atoms with Crippen LogP contribution in [-0.4, -0.2) is 4.57 Å². The number of rotatable bonds is 6. The highest BCUT2D eigenvalue weighted by Gasteiger charge is 2.21. The number of benzene rings is 1. The van der Waals surface area contributed by atoms with Crippen molar-refractivity contribution >= 4 is 0 Å². The number of imidazole rings is 1. The molecule has 0 unspecified atom stereocenters. The third kappa shape index (κ3) is 3.25. The summed E-state index contributed by atoms with van der Waals surface area (Å²) < 4.78 is 4.73. The van der Waals surface area contributed by atoms with E-state index in [9.17, 15) is 0 Å². The summed E-state index contributed by atoms with van der Waals surface area (Å²) in [7, 11) is 0. The van der Waals surface area contributed by atoms with Crippen molar-refractivity contribution in [1.29, 1.82) is 0 Å². The number of nitrogens with zero attached hydrogens (tertiary/aromatic N) is 2. The number of aryl methyl sites for hydroxylation is 1. The molecule has 0 bridgehead atoms. The highest BCUT2D eigenvalue weighted by Crippen LogP contribution is 2.16. The smallest absolute Gasteiger partial charge is 0.234 e. The van der Waals surface area contributed by atoms with E-state index >= 15 is 0 Å². The molecular weight excluding hydrogens is 232 g/mol. The molecule has 2 aromatic rings. The van der Waals surface area contributed by atoms with E-state index in [1.54, 1.807) is 0 Å². The molecule has 1 aromatic carbocycles. The molecule has 0 N–H and O–H groups in total. The predicted octanol–water partition coefficient (Wildman–Crippen LogP) is 4.08. The van der Waals surface area contributed by atoms with E-state index in [2.05, 4.69) is 72.6 Å². The molecule has 1 aromatic heterocycles. The fourth-order valence-electron chi connectivity index (χ4n) is 2.58. The van der Waals surface area contributed by atoms with Gasteiger partial charge in [0.05, 0.1) is 12.5 Å². The van der Waals surface area contributed by atoms with E-state index in [1.165, 1.54) is 30.8 Å². The van der Waals surface area contributed by atoms with E-state index in [0.717, 1.165) is 6.54 Å². The van der Waals surface area contributed by atoms with Gasteiger partial charge >= 0.3 is 0 Å². The Labute approximate surface area is 116 Å². The number of aromatic nitrogens is 2. The van der Waals surface area contributed by atoms with Crippen LogP contribution in [-0.2, 0) is 6.54 Å². The lowest BCUT2D eigenvalue weighted by molar-refractivity contribution is -0.705. The summed E-state index contributed by atoms with van der Waals surface area (Å²) in [5.41, 5.74) is 1.25. The highest BCUT2D eigenvalue weighted by molar-refractivity contribution is 5.32. The zero-order valence-corrected chi connectivity index (χ0v) is 12.3. The second-order valence-corrected chi connectivity index (χ2v) is 5.42. The van der Waals surface area contributed by atoms with Crippen LogP contribution in [0.5, 0.6) is 0 Å². The molecule has 2 nitrogen and oxygen atoms in total. The Balaban J connectivity index is 2.30. The molecule has 0 fully saturated rings. The maximum absolute atomic E-state index is 2.41.